The number of rotatable bonds is 2. The maximum absolute atomic E-state index is 13.7. The first kappa shape index (κ1) is 12.4. The number of hydrogen-bond donors (Lipinski definition) is 1. The van der Waals surface area contributed by atoms with E-state index >= 15 is 0 Å². The molecule has 0 aliphatic rings. The SMILES string of the molecule is Cc1ccc(NC(=O)c2cc3ccccc3o2)c(F)c1. The molecule has 0 spiro atoms. The van der Waals surface area contributed by atoms with Crippen LogP contribution in [-0.4, -0.2) is 5.91 Å². The Hall–Kier alpha value is -2.62. The first-order valence-corrected chi connectivity index (χ1v) is 6.19. The summed E-state index contributed by atoms with van der Waals surface area (Å²) in [5.41, 5.74) is 1.56. The zero-order chi connectivity index (χ0) is 14.1. The van der Waals surface area contributed by atoms with Crippen molar-refractivity contribution < 1.29 is 13.6 Å². The molecule has 1 N–H and O–H groups in total. The van der Waals surface area contributed by atoms with Gasteiger partial charge in [0.2, 0.25) is 0 Å². The number of nitrogens with one attached hydrogen (secondary N) is 1. The fraction of sp³-hybridized carbons (Fsp3) is 0.0625. The van der Waals surface area contributed by atoms with Crippen molar-refractivity contribution in [2.75, 3.05) is 5.32 Å². The van der Waals surface area contributed by atoms with E-state index in [1.807, 2.05) is 18.2 Å². The summed E-state index contributed by atoms with van der Waals surface area (Å²) in [5, 5.41) is 3.34. The zero-order valence-corrected chi connectivity index (χ0v) is 10.8. The predicted octanol–water partition coefficient (Wildman–Crippen LogP) is 4.13. The highest BCUT2D eigenvalue weighted by molar-refractivity contribution is 6.04. The molecule has 4 heteroatoms. The van der Waals surface area contributed by atoms with Gasteiger partial charge in [-0.1, -0.05) is 24.3 Å². The van der Waals surface area contributed by atoms with Gasteiger partial charge in [-0.3, -0.25) is 4.79 Å². The third-order valence-electron chi connectivity index (χ3n) is 3.02. The maximum atomic E-state index is 13.7. The fourth-order valence-corrected chi connectivity index (χ4v) is 2.00. The molecular weight excluding hydrogens is 257 g/mol. The number of amides is 1. The topological polar surface area (TPSA) is 42.2 Å². The smallest absolute Gasteiger partial charge is 0.291 e. The van der Waals surface area contributed by atoms with Gasteiger partial charge in [0.05, 0.1) is 5.69 Å². The largest absolute Gasteiger partial charge is 0.451 e. The van der Waals surface area contributed by atoms with E-state index in [0.717, 1.165) is 10.9 Å². The average molecular weight is 269 g/mol. The third-order valence-corrected chi connectivity index (χ3v) is 3.02. The normalized spacial score (nSPS) is 10.7. The minimum absolute atomic E-state index is 0.140. The number of anilines is 1. The van der Waals surface area contributed by atoms with E-state index < -0.39 is 11.7 Å². The molecule has 0 aliphatic carbocycles. The Morgan fingerprint density at radius 2 is 1.95 bits per heavy atom. The van der Waals surface area contributed by atoms with E-state index in [9.17, 15) is 9.18 Å². The molecule has 0 bridgehead atoms. The molecule has 2 aromatic carbocycles. The van der Waals surface area contributed by atoms with Gasteiger partial charge >= 0.3 is 0 Å². The second kappa shape index (κ2) is 4.81. The number of para-hydroxylation sites is 1. The Labute approximate surface area is 115 Å². The van der Waals surface area contributed by atoms with Crippen molar-refractivity contribution >= 4 is 22.6 Å². The highest BCUT2D eigenvalue weighted by atomic mass is 19.1. The van der Waals surface area contributed by atoms with Crippen molar-refractivity contribution in [1.82, 2.24) is 0 Å². The van der Waals surface area contributed by atoms with Crippen molar-refractivity contribution in [3.63, 3.8) is 0 Å². The Bertz CT molecular complexity index is 759. The molecule has 0 aliphatic heterocycles. The van der Waals surface area contributed by atoms with Crippen LogP contribution in [0.4, 0.5) is 10.1 Å². The van der Waals surface area contributed by atoms with Gasteiger partial charge in [-0.05, 0) is 36.8 Å². The summed E-state index contributed by atoms with van der Waals surface area (Å²) in [6.45, 7) is 1.79. The molecule has 20 heavy (non-hydrogen) atoms. The number of hydrogen-bond acceptors (Lipinski definition) is 2. The third kappa shape index (κ3) is 2.28. The molecule has 1 aromatic heterocycles. The molecule has 3 rings (SSSR count). The van der Waals surface area contributed by atoms with E-state index in [4.69, 9.17) is 4.42 Å². The van der Waals surface area contributed by atoms with Gasteiger partial charge in [-0.2, -0.15) is 0 Å². The molecule has 0 unspecified atom stereocenters. The van der Waals surface area contributed by atoms with E-state index in [1.165, 1.54) is 12.1 Å². The van der Waals surface area contributed by atoms with Gasteiger partial charge in [0, 0.05) is 5.39 Å². The maximum Gasteiger partial charge on any atom is 0.291 e. The van der Waals surface area contributed by atoms with Gasteiger partial charge in [0.1, 0.15) is 11.4 Å². The summed E-state index contributed by atoms with van der Waals surface area (Å²) in [6, 6.07) is 13.6. The lowest BCUT2D eigenvalue weighted by Gasteiger charge is -2.05. The molecule has 100 valence electrons. The average Bonchev–Trinajstić information content (AvgIpc) is 2.86. The van der Waals surface area contributed by atoms with Crippen LogP contribution in [0.25, 0.3) is 11.0 Å². The van der Waals surface area contributed by atoms with Crippen LogP contribution >= 0.6 is 0 Å². The van der Waals surface area contributed by atoms with Crippen LogP contribution in [0.3, 0.4) is 0 Å². The summed E-state index contributed by atoms with van der Waals surface area (Å²) in [7, 11) is 0. The van der Waals surface area contributed by atoms with Gasteiger partial charge in [-0.15, -0.1) is 0 Å². The number of carbonyl (C=O) groups excluding carboxylic acids is 1. The number of aryl methyl sites for hydroxylation is 1. The highest BCUT2D eigenvalue weighted by Gasteiger charge is 2.14. The summed E-state index contributed by atoms with van der Waals surface area (Å²) < 4.78 is 19.1. The molecule has 0 radical (unpaired) electrons. The first-order valence-electron chi connectivity index (χ1n) is 6.19. The van der Waals surface area contributed by atoms with Crippen LogP contribution in [0.2, 0.25) is 0 Å². The van der Waals surface area contributed by atoms with Crippen LogP contribution in [0.1, 0.15) is 16.1 Å². The number of fused-ring (bicyclic) bond motifs is 1. The molecule has 0 atom stereocenters. The molecule has 1 heterocycles. The lowest BCUT2D eigenvalue weighted by Crippen LogP contribution is -2.12. The van der Waals surface area contributed by atoms with Crippen molar-refractivity contribution in [2.45, 2.75) is 6.92 Å². The summed E-state index contributed by atoms with van der Waals surface area (Å²) in [5.74, 6) is -0.774. The van der Waals surface area contributed by atoms with E-state index in [-0.39, 0.29) is 11.4 Å². The zero-order valence-electron chi connectivity index (χ0n) is 10.8. The summed E-state index contributed by atoms with van der Waals surface area (Å²) in [4.78, 5) is 12.0. The summed E-state index contributed by atoms with van der Waals surface area (Å²) in [6.07, 6.45) is 0. The molecule has 0 saturated heterocycles. The minimum atomic E-state index is -0.469. The van der Waals surface area contributed by atoms with Crippen LogP contribution in [-0.2, 0) is 0 Å². The molecule has 3 aromatic rings. The van der Waals surface area contributed by atoms with Gasteiger partial charge in [0.25, 0.3) is 5.91 Å². The number of furan rings is 1. The minimum Gasteiger partial charge on any atom is -0.451 e. The van der Waals surface area contributed by atoms with Crippen molar-refractivity contribution in [3.8, 4) is 0 Å². The lowest BCUT2D eigenvalue weighted by molar-refractivity contribution is 0.0998. The molecule has 0 saturated carbocycles. The number of carbonyl (C=O) groups is 1. The summed E-state index contributed by atoms with van der Waals surface area (Å²) >= 11 is 0. The monoisotopic (exact) mass is 269 g/mol. The molecular formula is C16H12FNO2. The lowest BCUT2D eigenvalue weighted by atomic mass is 10.2. The first-order chi connectivity index (χ1) is 9.63. The van der Waals surface area contributed by atoms with Crippen molar-refractivity contribution in [1.29, 1.82) is 0 Å². The second-order valence-corrected chi connectivity index (χ2v) is 4.59. The Kier molecular flexibility index (Phi) is 2.99. The van der Waals surface area contributed by atoms with E-state index in [0.29, 0.717) is 5.58 Å². The van der Waals surface area contributed by atoms with Gasteiger partial charge in [0.15, 0.2) is 5.76 Å². The number of benzene rings is 2. The van der Waals surface area contributed by atoms with Crippen molar-refractivity contribution in [3.05, 3.63) is 65.7 Å². The van der Waals surface area contributed by atoms with Gasteiger partial charge < -0.3 is 9.73 Å². The Morgan fingerprint density at radius 1 is 1.15 bits per heavy atom. The van der Waals surface area contributed by atoms with E-state index in [1.54, 1.807) is 25.1 Å². The standard InChI is InChI=1S/C16H12FNO2/c1-10-6-7-13(12(17)8-10)18-16(19)15-9-11-4-2-3-5-14(11)20-15/h2-9H,1H3,(H,18,19). The quantitative estimate of drug-likeness (QED) is 0.760. The fourth-order valence-electron chi connectivity index (χ4n) is 2.00. The second-order valence-electron chi connectivity index (χ2n) is 4.59. The molecule has 3 nitrogen and oxygen atoms in total. The predicted molar refractivity (Wildman–Crippen MR) is 75.3 cm³/mol. The van der Waals surface area contributed by atoms with Gasteiger partial charge in [-0.25, -0.2) is 4.39 Å². The molecule has 1 amide bonds. The van der Waals surface area contributed by atoms with Crippen molar-refractivity contribution in [2.24, 2.45) is 0 Å². The Balaban J connectivity index is 1.89. The van der Waals surface area contributed by atoms with Crippen LogP contribution in [0.15, 0.2) is 52.9 Å². The van der Waals surface area contributed by atoms with E-state index in [2.05, 4.69) is 5.32 Å². The molecule has 0 fully saturated rings. The number of halogens is 1. The van der Waals surface area contributed by atoms with Crippen LogP contribution in [0, 0.1) is 12.7 Å². The van der Waals surface area contributed by atoms with Crippen LogP contribution < -0.4 is 5.32 Å². The van der Waals surface area contributed by atoms with Crippen LogP contribution in [0.5, 0.6) is 0 Å². The Morgan fingerprint density at radius 3 is 2.70 bits per heavy atom. The highest BCUT2D eigenvalue weighted by Crippen LogP contribution is 2.21.